The van der Waals surface area contributed by atoms with E-state index in [4.69, 9.17) is 4.74 Å². The maximum absolute atomic E-state index is 9.61. The molecule has 0 bridgehead atoms. The number of ether oxygens (including phenoxy) is 1. The van der Waals surface area contributed by atoms with Crippen LogP contribution in [0.5, 0.6) is 5.75 Å². The fraction of sp³-hybridized carbons (Fsp3) is 0.438. The van der Waals surface area contributed by atoms with E-state index in [2.05, 4.69) is 18.7 Å². The lowest BCUT2D eigenvalue weighted by molar-refractivity contribution is 0.219. The second-order valence-corrected chi connectivity index (χ2v) is 5.21. The lowest BCUT2D eigenvalue weighted by atomic mass is 9.55. The molecule has 0 radical (unpaired) electrons. The number of methoxy groups -OCH3 is 1. The van der Waals surface area contributed by atoms with Crippen LogP contribution in [0.1, 0.15) is 30.9 Å². The zero-order chi connectivity index (χ0) is 13.3. The Balaban J connectivity index is 2.47. The molecule has 2 nitrogen and oxygen atoms in total. The molecule has 0 saturated heterocycles. The highest BCUT2D eigenvalue weighted by Crippen LogP contribution is 2.52. The largest absolute Gasteiger partial charge is 0.496 e. The zero-order valence-corrected chi connectivity index (χ0v) is 11.3. The molecule has 0 unspecified atom stereocenters. The van der Waals surface area contributed by atoms with Gasteiger partial charge in [0.25, 0.3) is 0 Å². The van der Waals surface area contributed by atoms with Gasteiger partial charge in [-0.15, -0.1) is 0 Å². The highest BCUT2D eigenvalue weighted by molar-refractivity contribution is 5.46. The number of hydrogen-bond acceptors (Lipinski definition) is 2. The summed E-state index contributed by atoms with van der Waals surface area (Å²) in [6, 6.07) is 8.61. The Hall–Kier alpha value is -1.75. The minimum Gasteiger partial charge on any atom is -0.496 e. The van der Waals surface area contributed by atoms with Crippen LogP contribution in [0, 0.1) is 24.2 Å². The van der Waals surface area contributed by atoms with Crippen molar-refractivity contribution in [2.45, 2.75) is 32.1 Å². The maximum Gasteiger partial charge on any atom is 0.122 e. The molecule has 0 spiro atoms. The van der Waals surface area contributed by atoms with Crippen LogP contribution in [-0.2, 0) is 5.41 Å². The summed E-state index contributed by atoms with van der Waals surface area (Å²) in [5.41, 5.74) is 2.86. The Bertz CT molecular complexity index is 526. The Kier molecular flexibility index (Phi) is 3.17. The molecule has 94 valence electrons. The molecule has 1 fully saturated rings. The summed E-state index contributed by atoms with van der Waals surface area (Å²) in [7, 11) is 1.67. The first kappa shape index (κ1) is 12.7. The van der Waals surface area contributed by atoms with Crippen LogP contribution in [0.4, 0.5) is 0 Å². The molecule has 18 heavy (non-hydrogen) atoms. The molecule has 2 atom stereocenters. The van der Waals surface area contributed by atoms with Crippen LogP contribution >= 0.6 is 0 Å². The van der Waals surface area contributed by atoms with Crippen molar-refractivity contribution in [2.24, 2.45) is 5.92 Å². The van der Waals surface area contributed by atoms with Crippen molar-refractivity contribution in [1.82, 2.24) is 0 Å². The van der Waals surface area contributed by atoms with E-state index in [0.717, 1.165) is 35.3 Å². The summed E-state index contributed by atoms with van der Waals surface area (Å²) in [5.74, 6) is 1.13. The van der Waals surface area contributed by atoms with Gasteiger partial charge < -0.3 is 4.74 Å². The summed E-state index contributed by atoms with van der Waals surface area (Å²) in [5, 5.41) is 9.61. The van der Waals surface area contributed by atoms with Crippen LogP contribution < -0.4 is 4.74 Å². The number of benzene rings is 1. The summed E-state index contributed by atoms with van der Waals surface area (Å²) >= 11 is 0. The molecule has 0 aromatic heterocycles. The molecule has 2 rings (SSSR count). The summed E-state index contributed by atoms with van der Waals surface area (Å²) < 4.78 is 5.36. The number of nitriles is 1. The summed E-state index contributed by atoms with van der Waals surface area (Å²) in [6.07, 6.45) is 1.96. The van der Waals surface area contributed by atoms with Crippen molar-refractivity contribution in [3.05, 3.63) is 41.5 Å². The van der Waals surface area contributed by atoms with Crippen LogP contribution in [0.25, 0.3) is 0 Å². The van der Waals surface area contributed by atoms with Gasteiger partial charge in [-0.1, -0.05) is 24.3 Å². The Morgan fingerprint density at radius 2 is 2.28 bits per heavy atom. The predicted molar refractivity (Wildman–Crippen MR) is 72.6 cm³/mol. The van der Waals surface area contributed by atoms with Crippen LogP contribution in [0.3, 0.4) is 0 Å². The minimum absolute atomic E-state index is 0.273. The molecular weight excluding hydrogens is 222 g/mol. The van der Waals surface area contributed by atoms with Gasteiger partial charge in [-0.25, -0.2) is 0 Å². The van der Waals surface area contributed by atoms with Crippen LogP contribution in [0.2, 0.25) is 0 Å². The van der Waals surface area contributed by atoms with E-state index in [0.29, 0.717) is 0 Å². The average molecular weight is 241 g/mol. The monoisotopic (exact) mass is 241 g/mol. The van der Waals surface area contributed by atoms with Crippen molar-refractivity contribution in [2.75, 3.05) is 7.11 Å². The molecule has 1 aromatic carbocycles. The quantitative estimate of drug-likeness (QED) is 0.755. The second-order valence-electron chi connectivity index (χ2n) is 5.21. The lowest BCUT2D eigenvalue weighted by Gasteiger charge is -2.45. The minimum atomic E-state index is -0.396. The van der Waals surface area contributed by atoms with Gasteiger partial charge in [-0.3, -0.25) is 0 Å². The van der Waals surface area contributed by atoms with Crippen molar-refractivity contribution in [1.29, 1.82) is 5.26 Å². The number of aryl methyl sites for hydroxylation is 1. The predicted octanol–water partition coefficient (Wildman–Crippen LogP) is 3.75. The number of nitrogens with zero attached hydrogens (tertiary/aromatic N) is 1. The van der Waals surface area contributed by atoms with Gasteiger partial charge >= 0.3 is 0 Å². The average Bonchev–Trinajstić information content (AvgIpc) is 2.30. The van der Waals surface area contributed by atoms with Crippen molar-refractivity contribution >= 4 is 0 Å². The zero-order valence-electron chi connectivity index (χ0n) is 11.3. The van der Waals surface area contributed by atoms with Gasteiger partial charge in [-0.05, 0) is 43.9 Å². The van der Waals surface area contributed by atoms with E-state index in [-0.39, 0.29) is 5.92 Å². The smallest absolute Gasteiger partial charge is 0.122 e. The van der Waals surface area contributed by atoms with E-state index in [1.807, 2.05) is 26.0 Å². The Morgan fingerprint density at radius 1 is 1.56 bits per heavy atom. The number of rotatable bonds is 3. The normalized spacial score (nSPS) is 26.0. The van der Waals surface area contributed by atoms with Crippen molar-refractivity contribution in [3.8, 4) is 11.8 Å². The first-order valence-electron chi connectivity index (χ1n) is 6.27. The molecule has 0 aliphatic heterocycles. The van der Waals surface area contributed by atoms with Gasteiger partial charge in [0, 0.05) is 5.92 Å². The van der Waals surface area contributed by atoms with E-state index < -0.39 is 5.41 Å². The van der Waals surface area contributed by atoms with E-state index >= 15 is 0 Å². The fourth-order valence-corrected chi connectivity index (χ4v) is 2.89. The van der Waals surface area contributed by atoms with Gasteiger partial charge in [-0.2, -0.15) is 5.26 Å². The van der Waals surface area contributed by atoms with E-state index in [1.165, 1.54) is 0 Å². The SMILES string of the molecule is C=C(C)[C@H]1CC[C@]1(C#N)c1ccc(C)c(OC)c1. The third-order valence-corrected chi connectivity index (χ3v) is 4.14. The lowest BCUT2D eigenvalue weighted by Crippen LogP contribution is -2.43. The highest BCUT2D eigenvalue weighted by atomic mass is 16.5. The van der Waals surface area contributed by atoms with Crippen molar-refractivity contribution < 1.29 is 4.74 Å². The third-order valence-electron chi connectivity index (χ3n) is 4.14. The van der Waals surface area contributed by atoms with Crippen molar-refractivity contribution in [3.63, 3.8) is 0 Å². The molecule has 0 heterocycles. The summed E-state index contributed by atoms with van der Waals surface area (Å²) in [6.45, 7) is 8.05. The first-order valence-corrected chi connectivity index (χ1v) is 6.27. The van der Waals surface area contributed by atoms with Crippen LogP contribution in [-0.4, -0.2) is 7.11 Å². The molecular formula is C16H19NO. The van der Waals surface area contributed by atoms with Gasteiger partial charge in [0.1, 0.15) is 5.75 Å². The highest BCUT2D eigenvalue weighted by Gasteiger charge is 2.49. The van der Waals surface area contributed by atoms with Gasteiger partial charge in [0.05, 0.1) is 18.6 Å². The second kappa shape index (κ2) is 4.49. The Morgan fingerprint density at radius 3 is 2.72 bits per heavy atom. The number of hydrogen-bond donors (Lipinski definition) is 0. The number of allylic oxidation sites excluding steroid dienone is 1. The standard InChI is InChI=1S/C16H19NO/c1-11(2)14-7-8-16(14,10-17)13-6-5-12(3)15(9-13)18-4/h5-6,9,14H,1,7-8H2,2-4H3/t14-,16+/m1/s1. The molecule has 1 aliphatic rings. The molecule has 1 aromatic rings. The molecule has 2 heteroatoms. The van der Waals surface area contributed by atoms with E-state index in [1.54, 1.807) is 7.11 Å². The maximum atomic E-state index is 9.61. The first-order chi connectivity index (χ1) is 8.55. The molecule has 0 N–H and O–H groups in total. The molecule has 1 aliphatic carbocycles. The van der Waals surface area contributed by atoms with Crippen LogP contribution in [0.15, 0.2) is 30.4 Å². The van der Waals surface area contributed by atoms with Gasteiger partial charge in [0.15, 0.2) is 0 Å². The molecule has 1 saturated carbocycles. The Labute approximate surface area is 109 Å². The molecule has 0 amide bonds. The van der Waals surface area contributed by atoms with Gasteiger partial charge in [0.2, 0.25) is 0 Å². The summed E-state index contributed by atoms with van der Waals surface area (Å²) in [4.78, 5) is 0. The third kappa shape index (κ3) is 1.71. The fourth-order valence-electron chi connectivity index (χ4n) is 2.89. The van der Waals surface area contributed by atoms with E-state index in [9.17, 15) is 5.26 Å². The topological polar surface area (TPSA) is 33.0 Å².